The first-order valence-electron chi connectivity index (χ1n) is 5.99. The molecule has 1 rings (SSSR count). The van der Waals surface area contributed by atoms with Gasteiger partial charge in [-0.1, -0.05) is 0 Å². The van der Waals surface area contributed by atoms with Crippen molar-refractivity contribution in [3.05, 3.63) is 29.3 Å². The molecule has 0 radical (unpaired) electrons. The number of aryl methyl sites for hydroxylation is 1. The molecule has 0 unspecified atom stereocenters. The van der Waals surface area contributed by atoms with Crippen LogP contribution in [0.5, 0.6) is 0 Å². The van der Waals surface area contributed by atoms with Crippen LogP contribution in [0, 0.1) is 6.92 Å². The zero-order chi connectivity index (χ0) is 16.0. The summed E-state index contributed by atoms with van der Waals surface area (Å²) in [6.07, 6.45) is -4.44. The number of hydrogen-bond donors (Lipinski definition) is 2. The lowest BCUT2D eigenvalue weighted by molar-refractivity contribution is -0.137. The smallest absolute Gasteiger partial charge is 0.405 e. The fourth-order valence-electron chi connectivity index (χ4n) is 1.54. The van der Waals surface area contributed by atoms with Gasteiger partial charge in [-0.2, -0.15) is 13.2 Å². The summed E-state index contributed by atoms with van der Waals surface area (Å²) in [5.41, 5.74) is 1.56. The van der Waals surface area contributed by atoms with E-state index in [0.717, 1.165) is 0 Å². The molecule has 0 saturated heterocycles. The zero-order valence-corrected chi connectivity index (χ0v) is 11.5. The van der Waals surface area contributed by atoms with Crippen LogP contribution in [-0.4, -0.2) is 38.3 Å². The molecule has 2 N–H and O–H groups in total. The Bertz CT molecular complexity index is 530. The van der Waals surface area contributed by atoms with Crippen molar-refractivity contribution in [2.24, 2.45) is 0 Å². The predicted octanol–water partition coefficient (Wildman–Crippen LogP) is 1.87. The second kappa shape index (κ2) is 6.96. The van der Waals surface area contributed by atoms with Crippen LogP contribution in [0.1, 0.15) is 15.9 Å². The van der Waals surface area contributed by atoms with Crippen LogP contribution in [0.3, 0.4) is 0 Å². The number of carbonyl (C=O) groups excluding carboxylic acids is 2. The van der Waals surface area contributed by atoms with Crippen LogP contribution in [0.15, 0.2) is 18.2 Å². The first kappa shape index (κ1) is 16.8. The number of carbonyl (C=O) groups is 2. The fraction of sp³-hybridized carbons (Fsp3) is 0.385. The van der Waals surface area contributed by atoms with Crippen molar-refractivity contribution in [1.82, 2.24) is 5.32 Å². The highest BCUT2D eigenvalue weighted by Crippen LogP contribution is 2.17. The number of methoxy groups -OCH3 is 1. The van der Waals surface area contributed by atoms with Gasteiger partial charge < -0.3 is 15.4 Å². The molecule has 0 aliphatic carbocycles. The van der Waals surface area contributed by atoms with Crippen molar-refractivity contribution in [1.29, 1.82) is 0 Å². The molecule has 8 heteroatoms. The van der Waals surface area contributed by atoms with Crippen LogP contribution in [0.4, 0.5) is 18.9 Å². The first-order valence-corrected chi connectivity index (χ1v) is 5.99. The molecule has 0 saturated carbocycles. The molecule has 1 aromatic carbocycles. The summed E-state index contributed by atoms with van der Waals surface area (Å²) in [6, 6.07) is 4.61. The van der Waals surface area contributed by atoms with Crippen molar-refractivity contribution < 1.29 is 27.5 Å². The van der Waals surface area contributed by atoms with Gasteiger partial charge >= 0.3 is 12.1 Å². The number of amides is 1. The first-order chi connectivity index (χ1) is 9.73. The molecule has 1 amide bonds. The number of hydrogen-bond acceptors (Lipinski definition) is 4. The third kappa shape index (κ3) is 5.72. The Morgan fingerprint density at radius 3 is 2.48 bits per heavy atom. The lowest BCUT2D eigenvalue weighted by atomic mass is 10.1. The Morgan fingerprint density at radius 1 is 1.29 bits per heavy atom. The maximum Gasteiger partial charge on any atom is 0.405 e. The molecule has 0 spiro atoms. The number of benzene rings is 1. The standard InChI is InChI=1S/C13H15F3N2O3/c1-8-5-9(12(20)21-2)3-4-10(8)17-6-11(19)18-7-13(14,15)16/h3-5,17H,6-7H2,1-2H3,(H,18,19). The van der Waals surface area contributed by atoms with E-state index >= 15 is 0 Å². The monoisotopic (exact) mass is 304 g/mol. The largest absolute Gasteiger partial charge is 0.465 e. The maximum absolute atomic E-state index is 11.9. The van der Waals surface area contributed by atoms with E-state index < -0.39 is 24.6 Å². The molecule has 0 aromatic heterocycles. The summed E-state index contributed by atoms with van der Waals surface area (Å²) >= 11 is 0. The molecule has 21 heavy (non-hydrogen) atoms. The summed E-state index contributed by atoms with van der Waals surface area (Å²) in [5, 5.41) is 4.45. The summed E-state index contributed by atoms with van der Waals surface area (Å²) in [7, 11) is 1.26. The quantitative estimate of drug-likeness (QED) is 0.815. The Balaban J connectivity index is 2.56. The van der Waals surface area contributed by atoms with Crippen LogP contribution >= 0.6 is 0 Å². The highest BCUT2D eigenvalue weighted by atomic mass is 19.4. The number of esters is 1. The lowest BCUT2D eigenvalue weighted by Gasteiger charge is -2.12. The minimum Gasteiger partial charge on any atom is -0.465 e. The van der Waals surface area contributed by atoms with Crippen molar-refractivity contribution in [3.63, 3.8) is 0 Å². The molecular weight excluding hydrogens is 289 g/mol. The highest BCUT2D eigenvalue weighted by Gasteiger charge is 2.27. The Morgan fingerprint density at radius 2 is 1.95 bits per heavy atom. The van der Waals surface area contributed by atoms with E-state index in [4.69, 9.17) is 0 Å². The molecular formula is C13H15F3N2O3. The van der Waals surface area contributed by atoms with E-state index in [1.807, 2.05) is 0 Å². The number of anilines is 1. The van der Waals surface area contributed by atoms with Crippen molar-refractivity contribution in [2.75, 3.05) is 25.5 Å². The second-order valence-electron chi connectivity index (χ2n) is 4.27. The highest BCUT2D eigenvalue weighted by molar-refractivity contribution is 5.90. The summed E-state index contributed by atoms with van der Waals surface area (Å²) in [6.45, 7) is 0.0324. The van der Waals surface area contributed by atoms with E-state index in [-0.39, 0.29) is 6.54 Å². The van der Waals surface area contributed by atoms with Gasteiger partial charge in [-0.3, -0.25) is 4.79 Å². The van der Waals surface area contributed by atoms with Gasteiger partial charge in [0.2, 0.25) is 5.91 Å². The predicted molar refractivity (Wildman–Crippen MR) is 70.1 cm³/mol. The number of rotatable bonds is 5. The average Bonchev–Trinajstić information content (AvgIpc) is 2.42. The van der Waals surface area contributed by atoms with E-state index in [1.54, 1.807) is 24.4 Å². The van der Waals surface area contributed by atoms with Crippen LogP contribution in [0.25, 0.3) is 0 Å². The molecule has 0 aliphatic heterocycles. The molecule has 1 aromatic rings. The SMILES string of the molecule is COC(=O)c1ccc(NCC(=O)NCC(F)(F)F)c(C)c1. The second-order valence-corrected chi connectivity index (χ2v) is 4.27. The Labute approximate surface area is 119 Å². The van der Waals surface area contributed by atoms with Gasteiger partial charge in [-0.05, 0) is 30.7 Å². The van der Waals surface area contributed by atoms with Crippen molar-refractivity contribution in [3.8, 4) is 0 Å². The van der Waals surface area contributed by atoms with Crippen molar-refractivity contribution >= 4 is 17.6 Å². The van der Waals surface area contributed by atoms with E-state index in [1.165, 1.54) is 13.2 Å². The molecule has 5 nitrogen and oxygen atoms in total. The topological polar surface area (TPSA) is 67.4 Å². The van der Waals surface area contributed by atoms with Gasteiger partial charge in [0.1, 0.15) is 6.54 Å². The number of ether oxygens (including phenoxy) is 1. The summed E-state index contributed by atoms with van der Waals surface area (Å²) < 4.78 is 40.3. The van der Waals surface area contributed by atoms with Gasteiger partial charge in [0.15, 0.2) is 0 Å². The van der Waals surface area contributed by atoms with Gasteiger partial charge in [-0.25, -0.2) is 4.79 Å². The third-order valence-electron chi connectivity index (χ3n) is 2.57. The third-order valence-corrected chi connectivity index (χ3v) is 2.57. The zero-order valence-electron chi connectivity index (χ0n) is 11.5. The molecule has 116 valence electrons. The summed E-state index contributed by atoms with van der Waals surface area (Å²) in [5.74, 6) is -1.27. The van der Waals surface area contributed by atoms with Crippen LogP contribution in [0.2, 0.25) is 0 Å². The van der Waals surface area contributed by atoms with E-state index in [9.17, 15) is 22.8 Å². The normalized spacial score (nSPS) is 10.9. The van der Waals surface area contributed by atoms with E-state index in [0.29, 0.717) is 16.8 Å². The molecule has 0 aliphatic rings. The van der Waals surface area contributed by atoms with Gasteiger partial charge in [0.25, 0.3) is 0 Å². The van der Waals surface area contributed by atoms with Gasteiger partial charge in [0, 0.05) is 5.69 Å². The number of halogens is 3. The minimum atomic E-state index is -4.44. The molecule has 0 heterocycles. The van der Waals surface area contributed by atoms with E-state index in [2.05, 4.69) is 10.1 Å². The minimum absolute atomic E-state index is 0.297. The molecule has 0 fully saturated rings. The van der Waals surface area contributed by atoms with Crippen LogP contribution in [-0.2, 0) is 9.53 Å². The maximum atomic E-state index is 11.9. The number of nitrogens with one attached hydrogen (secondary N) is 2. The lowest BCUT2D eigenvalue weighted by Crippen LogP contribution is -2.37. The summed E-state index contributed by atoms with van der Waals surface area (Å²) in [4.78, 5) is 22.6. The van der Waals surface area contributed by atoms with Gasteiger partial charge in [-0.15, -0.1) is 0 Å². The molecule has 0 bridgehead atoms. The Kier molecular flexibility index (Phi) is 5.57. The average molecular weight is 304 g/mol. The Hall–Kier alpha value is -2.25. The fourth-order valence-corrected chi connectivity index (χ4v) is 1.54. The van der Waals surface area contributed by atoms with Crippen LogP contribution < -0.4 is 10.6 Å². The van der Waals surface area contributed by atoms with Gasteiger partial charge in [0.05, 0.1) is 19.2 Å². The molecule has 0 atom stereocenters. The van der Waals surface area contributed by atoms with Crippen molar-refractivity contribution in [2.45, 2.75) is 13.1 Å². The number of alkyl halides is 3.